The Kier molecular flexibility index (Phi) is 6.91. The lowest BCUT2D eigenvalue weighted by molar-refractivity contribution is 0.620. The number of imidazole rings is 1. The summed E-state index contributed by atoms with van der Waals surface area (Å²) in [6, 6.07) is 8.31. The molecule has 1 aromatic heterocycles. The van der Waals surface area contributed by atoms with Crippen molar-refractivity contribution < 1.29 is 0 Å². The van der Waals surface area contributed by atoms with E-state index in [9.17, 15) is 0 Å². The van der Waals surface area contributed by atoms with E-state index >= 15 is 0 Å². The van der Waals surface area contributed by atoms with Crippen LogP contribution in [-0.2, 0) is 6.54 Å². The van der Waals surface area contributed by atoms with Crippen LogP contribution in [0.2, 0.25) is 0 Å². The summed E-state index contributed by atoms with van der Waals surface area (Å²) in [7, 11) is 1.82. The van der Waals surface area contributed by atoms with Gasteiger partial charge in [0.2, 0.25) is 0 Å². The molecule has 0 saturated heterocycles. The van der Waals surface area contributed by atoms with Crippen LogP contribution in [0.1, 0.15) is 38.4 Å². The molecule has 0 amide bonds. The minimum absolute atomic E-state index is 0.897. The van der Waals surface area contributed by atoms with Crippen LogP contribution in [0.3, 0.4) is 0 Å². The average Bonchev–Trinajstić information content (AvgIpc) is 2.89. The standard InChI is InChI=1S/C18H29N5/c1-4-5-8-12-20-18(19-3)21-13-9-14-23-15(2)22-16-10-6-7-11-17(16)23/h6-7,10-11H,4-5,8-9,12-14H2,1-3H3,(H2,19,20,21). The lowest BCUT2D eigenvalue weighted by Crippen LogP contribution is -2.38. The van der Waals surface area contributed by atoms with Crippen molar-refractivity contribution >= 4 is 17.0 Å². The molecule has 0 atom stereocenters. The Balaban J connectivity index is 1.77. The van der Waals surface area contributed by atoms with Gasteiger partial charge in [-0.1, -0.05) is 31.9 Å². The van der Waals surface area contributed by atoms with Crippen molar-refractivity contribution in [1.29, 1.82) is 0 Å². The smallest absolute Gasteiger partial charge is 0.190 e. The number of aliphatic imine (C=N–C) groups is 1. The molecule has 5 nitrogen and oxygen atoms in total. The van der Waals surface area contributed by atoms with Crippen LogP contribution < -0.4 is 10.6 Å². The SMILES string of the molecule is CCCCCNC(=NC)NCCCn1c(C)nc2ccccc21. The summed E-state index contributed by atoms with van der Waals surface area (Å²) in [5.41, 5.74) is 2.29. The molecule has 0 aliphatic carbocycles. The topological polar surface area (TPSA) is 54.2 Å². The summed E-state index contributed by atoms with van der Waals surface area (Å²) in [5, 5.41) is 6.74. The molecular weight excluding hydrogens is 286 g/mol. The second-order valence-electron chi connectivity index (χ2n) is 5.79. The fraction of sp³-hybridized carbons (Fsp3) is 0.556. The lowest BCUT2D eigenvalue weighted by atomic mass is 10.2. The highest BCUT2D eigenvalue weighted by molar-refractivity contribution is 5.79. The van der Waals surface area contributed by atoms with Gasteiger partial charge in [0.15, 0.2) is 5.96 Å². The van der Waals surface area contributed by atoms with E-state index in [4.69, 9.17) is 0 Å². The zero-order chi connectivity index (χ0) is 16.5. The van der Waals surface area contributed by atoms with Gasteiger partial charge in [-0.3, -0.25) is 4.99 Å². The number of nitrogens with one attached hydrogen (secondary N) is 2. The number of aromatic nitrogens is 2. The van der Waals surface area contributed by atoms with Crippen molar-refractivity contribution in [2.24, 2.45) is 4.99 Å². The fourth-order valence-corrected chi connectivity index (χ4v) is 2.72. The number of aryl methyl sites for hydroxylation is 2. The Bertz CT molecular complexity index is 629. The summed E-state index contributed by atoms with van der Waals surface area (Å²) in [4.78, 5) is 8.87. The fourth-order valence-electron chi connectivity index (χ4n) is 2.72. The molecule has 0 aliphatic rings. The third-order valence-electron chi connectivity index (χ3n) is 3.99. The Morgan fingerprint density at radius 2 is 1.87 bits per heavy atom. The van der Waals surface area contributed by atoms with Gasteiger partial charge < -0.3 is 15.2 Å². The van der Waals surface area contributed by atoms with Gasteiger partial charge in [-0.25, -0.2) is 4.98 Å². The van der Waals surface area contributed by atoms with Crippen molar-refractivity contribution in [3.05, 3.63) is 30.1 Å². The van der Waals surface area contributed by atoms with Gasteiger partial charge in [-0.15, -0.1) is 0 Å². The van der Waals surface area contributed by atoms with Crippen LogP contribution in [0.15, 0.2) is 29.3 Å². The van der Waals surface area contributed by atoms with Crippen LogP contribution in [-0.4, -0.2) is 35.6 Å². The predicted octanol–water partition coefficient (Wildman–Crippen LogP) is 3.09. The lowest BCUT2D eigenvalue weighted by Gasteiger charge is -2.12. The predicted molar refractivity (Wildman–Crippen MR) is 98.0 cm³/mol. The van der Waals surface area contributed by atoms with E-state index in [-0.39, 0.29) is 0 Å². The first-order chi connectivity index (χ1) is 11.3. The first kappa shape index (κ1) is 17.3. The monoisotopic (exact) mass is 315 g/mol. The number of fused-ring (bicyclic) bond motifs is 1. The number of hydrogen-bond acceptors (Lipinski definition) is 2. The van der Waals surface area contributed by atoms with Crippen LogP contribution >= 0.6 is 0 Å². The van der Waals surface area contributed by atoms with E-state index < -0.39 is 0 Å². The van der Waals surface area contributed by atoms with Crippen molar-refractivity contribution in [2.45, 2.75) is 46.1 Å². The third kappa shape index (κ3) is 4.98. The summed E-state index contributed by atoms with van der Waals surface area (Å²) in [6.07, 6.45) is 4.73. The molecule has 0 unspecified atom stereocenters. The van der Waals surface area contributed by atoms with Crippen molar-refractivity contribution in [3.63, 3.8) is 0 Å². The van der Waals surface area contributed by atoms with Crippen LogP contribution in [0.4, 0.5) is 0 Å². The average molecular weight is 315 g/mol. The van der Waals surface area contributed by atoms with Gasteiger partial charge in [0.05, 0.1) is 11.0 Å². The molecule has 1 aromatic carbocycles. The van der Waals surface area contributed by atoms with E-state index in [1.54, 1.807) is 0 Å². The van der Waals surface area contributed by atoms with Gasteiger partial charge in [-0.05, 0) is 31.9 Å². The Morgan fingerprint density at radius 1 is 1.13 bits per heavy atom. The first-order valence-electron chi connectivity index (χ1n) is 8.62. The second kappa shape index (κ2) is 9.18. The maximum atomic E-state index is 4.61. The van der Waals surface area contributed by atoms with E-state index in [1.807, 2.05) is 13.1 Å². The minimum atomic E-state index is 0.897. The molecule has 23 heavy (non-hydrogen) atoms. The number of para-hydroxylation sites is 2. The highest BCUT2D eigenvalue weighted by Crippen LogP contribution is 2.15. The highest BCUT2D eigenvalue weighted by Gasteiger charge is 2.06. The van der Waals surface area contributed by atoms with E-state index in [1.165, 1.54) is 24.8 Å². The van der Waals surface area contributed by atoms with Crippen LogP contribution in [0.5, 0.6) is 0 Å². The molecule has 5 heteroatoms. The quantitative estimate of drug-likeness (QED) is 0.447. The third-order valence-corrected chi connectivity index (χ3v) is 3.99. The number of guanidine groups is 1. The summed E-state index contributed by atoms with van der Waals surface area (Å²) in [6.45, 7) is 7.14. The molecule has 0 fully saturated rings. The molecule has 0 aliphatic heterocycles. The van der Waals surface area contributed by atoms with E-state index in [0.29, 0.717) is 0 Å². The molecular formula is C18H29N5. The molecule has 0 spiro atoms. The van der Waals surface area contributed by atoms with Crippen molar-refractivity contribution in [1.82, 2.24) is 20.2 Å². The Labute approximate surface area is 139 Å². The summed E-state index contributed by atoms with van der Waals surface area (Å²) >= 11 is 0. The zero-order valence-electron chi connectivity index (χ0n) is 14.6. The molecule has 0 bridgehead atoms. The highest BCUT2D eigenvalue weighted by atomic mass is 15.2. The molecule has 126 valence electrons. The maximum absolute atomic E-state index is 4.61. The second-order valence-corrected chi connectivity index (χ2v) is 5.79. The summed E-state index contributed by atoms with van der Waals surface area (Å²) < 4.78 is 2.29. The normalized spacial score (nSPS) is 11.9. The number of hydrogen-bond donors (Lipinski definition) is 2. The van der Waals surface area contributed by atoms with Gasteiger partial charge in [-0.2, -0.15) is 0 Å². The van der Waals surface area contributed by atoms with E-state index in [0.717, 1.165) is 43.4 Å². The van der Waals surface area contributed by atoms with Crippen LogP contribution in [0, 0.1) is 6.92 Å². The van der Waals surface area contributed by atoms with Gasteiger partial charge in [0.1, 0.15) is 5.82 Å². The zero-order valence-corrected chi connectivity index (χ0v) is 14.6. The maximum Gasteiger partial charge on any atom is 0.190 e. The van der Waals surface area contributed by atoms with Crippen molar-refractivity contribution in [2.75, 3.05) is 20.1 Å². The van der Waals surface area contributed by atoms with Crippen molar-refractivity contribution in [3.8, 4) is 0 Å². The molecule has 2 rings (SSSR count). The summed E-state index contributed by atoms with van der Waals surface area (Å²) in [5.74, 6) is 1.97. The largest absolute Gasteiger partial charge is 0.356 e. The number of nitrogens with zero attached hydrogens (tertiary/aromatic N) is 3. The molecule has 2 N–H and O–H groups in total. The van der Waals surface area contributed by atoms with Gasteiger partial charge in [0, 0.05) is 26.7 Å². The Morgan fingerprint density at radius 3 is 2.61 bits per heavy atom. The number of rotatable bonds is 8. The van der Waals surface area contributed by atoms with Gasteiger partial charge in [0.25, 0.3) is 0 Å². The molecule has 2 aromatic rings. The van der Waals surface area contributed by atoms with E-state index in [2.05, 4.69) is 57.2 Å². The minimum Gasteiger partial charge on any atom is -0.356 e. The van der Waals surface area contributed by atoms with Gasteiger partial charge >= 0.3 is 0 Å². The molecule has 0 radical (unpaired) electrons. The number of unbranched alkanes of at least 4 members (excludes halogenated alkanes) is 2. The Hall–Kier alpha value is -2.04. The first-order valence-corrected chi connectivity index (χ1v) is 8.62. The number of benzene rings is 1. The van der Waals surface area contributed by atoms with Crippen LogP contribution in [0.25, 0.3) is 11.0 Å². The molecule has 1 heterocycles. The molecule has 0 saturated carbocycles.